The van der Waals surface area contributed by atoms with E-state index in [0.29, 0.717) is 11.4 Å². The topological polar surface area (TPSA) is 113 Å². The number of aryl methyl sites for hydroxylation is 1. The van der Waals surface area contributed by atoms with E-state index in [0.717, 1.165) is 0 Å². The van der Waals surface area contributed by atoms with Crippen molar-refractivity contribution >= 4 is 11.7 Å². The first kappa shape index (κ1) is 12.7. The quantitative estimate of drug-likeness (QED) is 0.637. The number of aromatic hydroxyl groups is 2. The van der Waals surface area contributed by atoms with Gasteiger partial charge in [0.25, 0.3) is 5.91 Å². The highest BCUT2D eigenvalue weighted by molar-refractivity contribution is 5.99. The maximum atomic E-state index is 11.9. The molecular weight excluding hydrogens is 248 g/mol. The van der Waals surface area contributed by atoms with Gasteiger partial charge in [0, 0.05) is 19.2 Å². The van der Waals surface area contributed by atoms with Crippen LogP contribution in [0.2, 0.25) is 0 Å². The van der Waals surface area contributed by atoms with Gasteiger partial charge in [-0.1, -0.05) is 6.07 Å². The molecule has 1 aromatic carbocycles. The van der Waals surface area contributed by atoms with Crippen LogP contribution < -0.4 is 11.1 Å². The lowest BCUT2D eigenvalue weighted by atomic mass is 10.1. The Morgan fingerprint density at radius 3 is 2.58 bits per heavy atom. The predicted molar refractivity (Wildman–Crippen MR) is 68.6 cm³/mol. The van der Waals surface area contributed by atoms with Crippen molar-refractivity contribution < 1.29 is 15.0 Å². The van der Waals surface area contributed by atoms with Crippen LogP contribution in [0, 0.1) is 0 Å². The van der Waals surface area contributed by atoms with E-state index in [1.54, 1.807) is 13.2 Å². The molecule has 0 saturated carbocycles. The number of carbonyl (C=O) groups excluding carboxylic acids is 1. The fourth-order valence-corrected chi connectivity index (χ4v) is 1.65. The largest absolute Gasteiger partial charge is 0.507 e. The third-order valence-corrected chi connectivity index (χ3v) is 2.75. The molecule has 7 nitrogen and oxygen atoms in total. The van der Waals surface area contributed by atoms with Crippen molar-refractivity contribution in [3.8, 4) is 11.5 Å². The lowest BCUT2D eigenvalue weighted by Crippen LogP contribution is -2.23. The number of rotatable bonds is 3. The van der Waals surface area contributed by atoms with Gasteiger partial charge in [0.05, 0.1) is 6.20 Å². The van der Waals surface area contributed by atoms with E-state index < -0.39 is 5.91 Å². The zero-order valence-electron chi connectivity index (χ0n) is 10.3. The predicted octanol–water partition coefficient (Wildman–Crippen LogP) is 0.344. The molecule has 1 aromatic heterocycles. The van der Waals surface area contributed by atoms with E-state index >= 15 is 0 Å². The maximum Gasteiger partial charge on any atom is 0.259 e. The second-order valence-electron chi connectivity index (χ2n) is 4.03. The molecule has 0 fully saturated rings. The number of nitrogens with zero attached hydrogens (tertiary/aromatic N) is 2. The fourth-order valence-electron chi connectivity index (χ4n) is 1.65. The van der Waals surface area contributed by atoms with E-state index in [1.165, 1.54) is 22.9 Å². The SMILES string of the molecule is Cn1ncc(CNC(=O)c2c(O)cccc2O)c1N. The van der Waals surface area contributed by atoms with E-state index in [1.807, 2.05) is 0 Å². The second-order valence-corrected chi connectivity index (χ2v) is 4.03. The number of nitrogens with one attached hydrogen (secondary N) is 1. The van der Waals surface area contributed by atoms with Crippen LogP contribution in [0.3, 0.4) is 0 Å². The van der Waals surface area contributed by atoms with Gasteiger partial charge in [0.2, 0.25) is 0 Å². The smallest absolute Gasteiger partial charge is 0.259 e. The summed E-state index contributed by atoms with van der Waals surface area (Å²) in [7, 11) is 1.69. The molecule has 0 unspecified atom stereocenters. The first-order valence-electron chi connectivity index (χ1n) is 5.56. The van der Waals surface area contributed by atoms with Gasteiger partial charge in [0.1, 0.15) is 22.9 Å². The van der Waals surface area contributed by atoms with Gasteiger partial charge in [-0.25, -0.2) is 0 Å². The summed E-state index contributed by atoms with van der Waals surface area (Å²) >= 11 is 0. The number of hydrogen-bond donors (Lipinski definition) is 4. The third kappa shape index (κ3) is 2.44. The monoisotopic (exact) mass is 262 g/mol. The first-order chi connectivity index (χ1) is 9.00. The number of hydrogen-bond acceptors (Lipinski definition) is 5. The van der Waals surface area contributed by atoms with Gasteiger partial charge < -0.3 is 21.3 Å². The van der Waals surface area contributed by atoms with Crippen molar-refractivity contribution in [2.24, 2.45) is 7.05 Å². The number of amides is 1. The van der Waals surface area contributed by atoms with Gasteiger partial charge in [-0.2, -0.15) is 5.10 Å². The van der Waals surface area contributed by atoms with Crippen molar-refractivity contribution in [3.63, 3.8) is 0 Å². The van der Waals surface area contributed by atoms with Crippen LogP contribution in [0.5, 0.6) is 11.5 Å². The standard InChI is InChI=1S/C12H14N4O3/c1-16-11(13)7(6-15-16)5-14-12(19)10-8(17)3-2-4-9(10)18/h2-4,6,17-18H,5,13H2,1H3,(H,14,19). The van der Waals surface area contributed by atoms with Crippen molar-refractivity contribution in [1.29, 1.82) is 0 Å². The number of carbonyl (C=O) groups is 1. The van der Waals surface area contributed by atoms with Crippen LogP contribution in [-0.2, 0) is 13.6 Å². The van der Waals surface area contributed by atoms with Gasteiger partial charge in [0.15, 0.2) is 0 Å². The average Bonchev–Trinajstić information content (AvgIpc) is 2.67. The molecular formula is C12H14N4O3. The van der Waals surface area contributed by atoms with Gasteiger partial charge in [-0.05, 0) is 12.1 Å². The molecule has 1 amide bonds. The Kier molecular flexibility index (Phi) is 3.28. The molecule has 0 aliphatic rings. The van der Waals surface area contributed by atoms with Crippen LogP contribution >= 0.6 is 0 Å². The molecule has 2 rings (SSSR count). The lowest BCUT2D eigenvalue weighted by molar-refractivity contribution is 0.0945. The number of nitrogen functional groups attached to an aromatic ring is 1. The normalized spacial score (nSPS) is 10.4. The van der Waals surface area contributed by atoms with Crippen molar-refractivity contribution in [1.82, 2.24) is 15.1 Å². The van der Waals surface area contributed by atoms with Crippen molar-refractivity contribution in [2.75, 3.05) is 5.73 Å². The van der Waals surface area contributed by atoms with Crippen LogP contribution in [0.15, 0.2) is 24.4 Å². The minimum absolute atomic E-state index is 0.159. The Bertz CT molecular complexity index is 601. The van der Waals surface area contributed by atoms with E-state index in [-0.39, 0.29) is 23.6 Å². The van der Waals surface area contributed by atoms with E-state index in [2.05, 4.69) is 10.4 Å². The highest BCUT2D eigenvalue weighted by Gasteiger charge is 2.16. The molecule has 5 N–H and O–H groups in total. The summed E-state index contributed by atoms with van der Waals surface area (Å²) in [4.78, 5) is 11.9. The highest BCUT2D eigenvalue weighted by atomic mass is 16.3. The van der Waals surface area contributed by atoms with Gasteiger partial charge in [-0.15, -0.1) is 0 Å². The molecule has 0 aliphatic carbocycles. The summed E-state index contributed by atoms with van der Waals surface area (Å²) in [6, 6.07) is 4.10. The van der Waals surface area contributed by atoms with Crippen molar-refractivity contribution in [2.45, 2.75) is 6.54 Å². The van der Waals surface area contributed by atoms with Crippen LogP contribution in [-0.4, -0.2) is 25.9 Å². The Balaban J connectivity index is 2.12. The third-order valence-electron chi connectivity index (χ3n) is 2.75. The average molecular weight is 262 g/mol. The number of phenols is 2. The summed E-state index contributed by atoms with van der Waals surface area (Å²) in [6.45, 7) is 0.159. The molecule has 7 heteroatoms. The molecule has 100 valence electrons. The first-order valence-corrected chi connectivity index (χ1v) is 5.56. The zero-order chi connectivity index (χ0) is 14.0. The molecule has 0 radical (unpaired) electrons. The summed E-state index contributed by atoms with van der Waals surface area (Å²) in [5.74, 6) is -0.700. The molecule has 0 saturated heterocycles. The minimum Gasteiger partial charge on any atom is -0.507 e. The number of benzene rings is 1. The molecule has 1 heterocycles. The number of aromatic nitrogens is 2. The molecule has 19 heavy (non-hydrogen) atoms. The fraction of sp³-hybridized carbons (Fsp3) is 0.167. The second kappa shape index (κ2) is 4.89. The zero-order valence-corrected chi connectivity index (χ0v) is 10.3. The van der Waals surface area contributed by atoms with Gasteiger partial charge in [-0.3, -0.25) is 9.48 Å². The Morgan fingerprint density at radius 2 is 2.05 bits per heavy atom. The summed E-state index contributed by atoms with van der Waals surface area (Å²) in [5.41, 5.74) is 6.23. The summed E-state index contributed by atoms with van der Waals surface area (Å²) in [6.07, 6.45) is 1.54. The Morgan fingerprint density at radius 1 is 1.42 bits per heavy atom. The lowest BCUT2D eigenvalue weighted by Gasteiger charge is -2.08. The summed E-state index contributed by atoms with van der Waals surface area (Å²) in [5, 5.41) is 25.6. The van der Waals surface area contributed by atoms with Crippen LogP contribution in [0.25, 0.3) is 0 Å². The number of phenolic OH excluding ortho intramolecular Hbond substituents is 2. The van der Waals surface area contributed by atoms with Gasteiger partial charge >= 0.3 is 0 Å². The minimum atomic E-state index is -0.584. The Hall–Kier alpha value is -2.70. The molecule has 0 atom stereocenters. The molecule has 0 spiro atoms. The highest BCUT2D eigenvalue weighted by Crippen LogP contribution is 2.26. The number of nitrogens with two attached hydrogens (primary N) is 1. The van der Waals surface area contributed by atoms with E-state index in [9.17, 15) is 15.0 Å². The maximum absolute atomic E-state index is 11.9. The summed E-state index contributed by atoms with van der Waals surface area (Å²) < 4.78 is 1.49. The molecule has 0 aliphatic heterocycles. The van der Waals surface area contributed by atoms with Crippen LogP contribution in [0.1, 0.15) is 15.9 Å². The molecule has 2 aromatic rings. The Labute approximate surface area is 109 Å². The number of anilines is 1. The molecule has 0 bridgehead atoms. The van der Waals surface area contributed by atoms with Crippen LogP contribution in [0.4, 0.5) is 5.82 Å². The van der Waals surface area contributed by atoms with E-state index in [4.69, 9.17) is 5.73 Å². The van der Waals surface area contributed by atoms with Crippen molar-refractivity contribution in [3.05, 3.63) is 35.5 Å².